The highest BCUT2D eigenvalue weighted by molar-refractivity contribution is 6.42. The number of hydrogen-bond donors (Lipinski definition) is 1. The van der Waals surface area contributed by atoms with Gasteiger partial charge in [0.15, 0.2) is 0 Å². The summed E-state index contributed by atoms with van der Waals surface area (Å²) in [5, 5.41) is 14.6. The number of aliphatic carboxylic acids is 1. The van der Waals surface area contributed by atoms with E-state index >= 15 is 0 Å². The van der Waals surface area contributed by atoms with Crippen LogP contribution in [-0.2, 0) is 9.59 Å². The van der Waals surface area contributed by atoms with E-state index in [0.29, 0.717) is 28.6 Å². The van der Waals surface area contributed by atoms with Crippen molar-refractivity contribution in [2.75, 3.05) is 5.32 Å². The molecule has 1 amide bonds. The molecule has 4 nitrogen and oxygen atoms in total. The normalized spacial score (nSPS) is 21.6. The van der Waals surface area contributed by atoms with Crippen molar-refractivity contribution in [1.82, 2.24) is 0 Å². The zero-order chi connectivity index (χ0) is 15.6. The number of hydrogen-bond acceptors (Lipinski definition) is 3. The lowest BCUT2D eigenvalue weighted by Crippen LogP contribution is -2.42. The Balaban J connectivity index is 2.16. The van der Waals surface area contributed by atoms with Crippen molar-refractivity contribution in [1.29, 1.82) is 0 Å². The van der Waals surface area contributed by atoms with Gasteiger partial charge in [-0.25, -0.2) is 0 Å². The summed E-state index contributed by atoms with van der Waals surface area (Å²) >= 11 is 11.7. The topological polar surface area (TPSA) is 69.2 Å². The molecule has 0 saturated heterocycles. The highest BCUT2D eigenvalue weighted by Gasteiger charge is 2.31. The number of carboxylic acid groups (broad SMARTS) is 1. The lowest BCUT2D eigenvalue weighted by molar-refractivity contribution is -0.313. The van der Waals surface area contributed by atoms with Gasteiger partial charge in [-0.3, -0.25) is 4.79 Å². The largest absolute Gasteiger partial charge is 0.550 e. The molecule has 0 unspecified atom stereocenters. The van der Waals surface area contributed by atoms with Crippen LogP contribution in [0.15, 0.2) is 29.8 Å². The van der Waals surface area contributed by atoms with Crippen molar-refractivity contribution < 1.29 is 14.7 Å². The Hall–Kier alpha value is -1.52. The molecule has 112 valence electrons. The molecule has 0 heterocycles. The van der Waals surface area contributed by atoms with E-state index in [2.05, 4.69) is 5.32 Å². The number of nitrogens with one attached hydrogen (secondary N) is 1. The van der Waals surface area contributed by atoms with Crippen molar-refractivity contribution in [2.45, 2.75) is 19.8 Å². The molecule has 0 radical (unpaired) electrons. The molecule has 21 heavy (non-hydrogen) atoms. The maximum absolute atomic E-state index is 12.3. The molecule has 1 N–H and O–H groups in total. The SMILES string of the molecule is CC1=CC[C@H](C(=O)[O-])[C@H](C(=O)Nc2ccc(Cl)c(Cl)c2)C1. The summed E-state index contributed by atoms with van der Waals surface area (Å²) in [6.07, 6.45) is 2.56. The summed E-state index contributed by atoms with van der Waals surface area (Å²) in [6.45, 7) is 1.88. The molecule has 0 spiro atoms. The Morgan fingerprint density at radius 1 is 1.24 bits per heavy atom. The molecule has 2 rings (SSSR count). The first kappa shape index (κ1) is 15.9. The van der Waals surface area contributed by atoms with Gasteiger partial charge in [-0.1, -0.05) is 34.9 Å². The van der Waals surface area contributed by atoms with E-state index in [0.717, 1.165) is 5.57 Å². The van der Waals surface area contributed by atoms with E-state index in [1.165, 1.54) is 6.07 Å². The van der Waals surface area contributed by atoms with Gasteiger partial charge in [0.25, 0.3) is 0 Å². The quantitative estimate of drug-likeness (QED) is 0.868. The monoisotopic (exact) mass is 326 g/mol. The summed E-state index contributed by atoms with van der Waals surface area (Å²) < 4.78 is 0. The lowest BCUT2D eigenvalue weighted by atomic mass is 9.79. The first-order chi connectivity index (χ1) is 9.88. The number of carboxylic acids is 1. The van der Waals surface area contributed by atoms with Gasteiger partial charge < -0.3 is 15.2 Å². The molecule has 1 aromatic carbocycles. The molecular weight excluding hydrogens is 313 g/mol. The Kier molecular flexibility index (Phi) is 4.91. The minimum absolute atomic E-state index is 0.313. The van der Waals surface area contributed by atoms with Crippen molar-refractivity contribution >= 4 is 40.8 Å². The fraction of sp³-hybridized carbons (Fsp3) is 0.333. The van der Waals surface area contributed by atoms with E-state index in [-0.39, 0.29) is 5.91 Å². The number of carbonyl (C=O) groups is 2. The third-order valence-electron chi connectivity index (χ3n) is 3.57. The molecule has 0 aliphatic heterocycles. The number of halogens is 2. The first-order valence-corrected chi connectivity index (χ1v) is 7.26. The smallest absolute Gasteiger partial charge is 0.228 e. The summed E-state index contributed by atoms with van der Waals surface area (Å²) in [6, 6.07) is 4.72. The van der Waals surface area contributed by atoms with Gasteiger partial charge in [0, 0.05) is 17.6 Å². The third kappa shape index (κ3) is 3.77. The number of benzene rings is 1. The number of amides is 1. The maximum atomic E-state index is 12.3. The number of anilines is 1. The Morgan fingerprint density at radius 3 is 2.57 bits per heavy atom. The highest BCUT2D eigenvalue weighted by atomic mass is 35.5. The van der Waals surface area contributed by atoms with Gasteiger partial charge in [0.1, 0.15) is 0 Å². The van der Waals surface area contributed by atoms with Gasteiger partial charge in [-0.15, -0.1) is 0 Å². The van der Waals surface area contributed by atoms with Crippen LogP contribution >= 0.6 is 23.2 Å². The molecule has 1 aromatic rings. The van der Waals surface area contributed by atoms with Crippen LogP contribution in [0.3, 0.4) is 0 Å². The van der Waals surface area contributed by atoms with E-state index in [1.807, 2.05) is 13.0 Å². The first-order valence-electron chi connectivity index (χ1n) is 6.51. The second kappa shape index (κ2) is 6.50. The molecule has 0 aromatic heterocycles. The Bertz CT molecular complexity index is 613. The van der Waals surface area contributed by atoms with Gasteiger partial charge in [0.05, 0.1) is 16.0 Å². The zero-order valence-corrected chi connectivity index (χ0v) is 12.9. The predicted octanol–water partition coefficient (Wildman–Crippen LogP) is 2.65. The molecule has 1 aliphatic carbocycles. The van der Waals surface area contributed by atoms with Crippen molar-refractivity contribution in [3.63, 3.8) is 0 Å². The summed E-state index contributed by atoms with van der Waals surface area (Å²) in [5.74, 6) is -3.01. The van der Waals surface area contributed by atoms with Gasteiger partial charge >= 0.3 is 0 Å². The van der Waals surface area contributed by atoms with Crippen LogP contribution in [0.25, 0.3) is 0 Å². The van der Waals surface area contributed by atoms with Crippen LogP contribution < -0.4 is 10.4 Å². The number of rotatable bonds is 3. The average Bonchev–Trinajstić information content (AvgIpc) is 2.42. The second-order valence-corrected chi connectivity index (χ2v) is 5.95. The van der Waals surface area contributed by atoms with Crippen LogP contribution in [-0.4, -0.2) is 11.9 Å². The molecule has 0 bridgehead atoms. The standard InChI is InChI=1S/C15H15Cl2NO3/c1-8-2-4-10(15(20)21)11(6-8)14(19)18-9-3-5-12(16)13(17)7-9/h2-3,5,7,10-11H,4,6H2,1H3,(H,18,19)(H,20,21)/p-1/t10-,11+/m0/s1. The van der Waals surface area contributed by atoms with Gasteiger partial charge in [0.2, 0.25) is 5.91 Å². The molecular formula is C15H14Cl2NO3-. The average molecular weight is 327 g/mol. The van der Waals surface area contributed by atoms with E-state index in [9.17, 15) is 14.7 Å². The zero-order valence-electron chi connectivity index (χ0n) is 11.4. The van der Waals surface area contributed by atoms with Gasteiger partial charge in [-0.2, -0.15) is 0 Å². The second-order valence-electron chi connectivity index (χ2n) is 5.14. The van der Waals surface area contributed by atoms with Crippen molar-refractivity contribution in [3.05, 3.63) is 39.9 Å². The maximum Gasteiger partial charge on any atom is 0.228 e. The van der Waals surface area contributed by atoms with Crippen LogP contribution in [0.4, 0.5) is 5.69 Å². The summed E-state index contributed by atoms with van der Waals surface area (Å²) in [5.41, 5.74) is 1.49. The van der Waals surface area contributed by atoms with E-state index in [1.54, 1.807) is 12.1 Å². The van der Waals surface area contributed by atoms with Crippen molar-refractivity contribution in [3.8, 4) is 0 Å². The van der Waals surface area contributed by atoms with Crippen LogP contribution in [0.2, 0.25) is 10.0 Å². The van der Waals surface area contributed by atoms with E-state index in [4.69, 9.17) is 23.2 Å². The Labute approximate surface area is 132 Å². The molecule has 0 fully saturated rings. The predicted molar refractivity (Wildman–Crippen MR) is 80.1 cm³/mol. The molecule has 6 heteroatoms. The highest BCUT2D eigenvalue weighted by Crippen LogP contribution is 2.31. The fourth-order valence-corrected chi connectivity index (χ4v) is 2.71. The lowest BCUT2D eigenvalue weighted by Gasteiger charge is -2.30. The Morgan fingerprint density at radius 2 is 1.95 bits per heavy atom. The minimum atomic E-state index is -1.20. The minimum Gasteiger partial charge on any atom is -0.550 e. The number of carbonyl (C=O) groups excluding carboxylic acids is 2. The third-order valence-corrected chi connectivity index (χ3v) is 4.31. The van der Waals surface area contributed by atoms with Crippen LogP contribution in [0, 0.1) is 11.8 Å². The number of allylic oxidation sites excluding steroid dienone is 2. The molecule has 0 saturated carbocycles. The fourth-order valence-electron chi connectivity index (χ4n) is 2.41. The summed E-state index contributed by atoms with van der Waals surface area (Å²) in [4.78, 5) is 23.5. The van der Waals surface area contributed by atoms with Crippen LogP contribution in [0.5, 0.6) is 0 Å². The summed E-state index contributed by atoms with van der Waals surface area (Å²) in [7, 11) is 0. The molecule has 1 aliphatic rings. The van der Waals surface area contributed by atoms with Crippen LogP contribution in [0.1, 0.15) is 19.8 Å². The van der Waals surface area contributed by atoms with Crippen molar-refractivity contribution in [2.24, 2.45) is 11.8 Å². The van der Waals surface area contributed by atoms with Gasteiger partial charge in [-0.05, 0) is 38.0 Å². The van der Waals surface area contributed by atoms with E-state index < -0.39 is 17.8 Å². The molecule has 2 atom stereocenters.